The summed E-state index contributed by atoms with van der Waals surface area (Å²) in [6.07, 6.45) is 1.41. The van der Waals surface area contributed by atoms with E-state index in [1.165, 1.54) is 18.3 Å². The van der Waals surface area contributed by atoms with Crippen LogP contribution in [0.15, 0.2) is 35.4 Å². The normalized spacial score (nSPS) is 11.3. The number of phenolic OH excluding ortho intramolecular Hbond substituents is 1. The van der Waals surface area contributed by atoms with E-state index in [0.717, 1.165) is 0 Å². The summed E-state index contributed by atoms with van der Waals surface area (Å²) in [6, 6.07) is 6.07. The van der Waals surface area contributed by atoms with E-state index >= 15 is 0 Å². The molecule has 0 radical (unpaired) electrons. The average molecular weight is 313 g/mol. The zero-order valence-electron chi connectivity index (χ0n) is 10.9. The Morgan fingerprint density at radius 1 is 1.25 bits per heavy atom. The molecule has 1 aromatic carbocycles. The molecule has 2 N–H and O–H groups in total. The lowest BCUT2D eigenvalue weighted by Gasteiger charge is -2.13. The monoisotopic (exact) mass is 312 g/mol. The molecule has 1 heterocycles. The lowest BCUT2D eigenvalue weighted by atomic mass is 10.1. The highest BCUT2D eigenvalue weighted by molar-refractivity contribution is 7.92. The second kappa shape index (κ2) is 5.30. The number of nitrogens with zero attached hydrogens (tertiary/aromatic N) is 1. The second-order valence-corrected chi connectivity index (χ2v) is 6.31. The van der Waals surface area contributed by atoms with Crippen molar-refractivity contribution in [2.45, 2.75) is 18.7 Å². The van der Waals surface area contributed by atoms with Gasteiger partial charge in [0.2, 0.25) is 0 Å². The molecular formula is C13H13ClN2O3S. The topological polar surface area (TPSA) is 79.3 Å². The maximum atomic E-state index is 12.3. The first-order valence-electron chi connectivity index (χ1n) is 5.75. The fraction of sp³-hybridized carbons (Fsp3) is 0.154. The number of phenols is 1. The molecule has 0 aliphatic heterocycles. The van der Waals surface area contributed by atoms with Gasteiger partial charge in [-0.2, -0.15) is 0 Å². The molecule has 0 saturated heterocycles. The van der Waals surface area contributed by atoms with E-state index < -0.39 is 10.0 Å². The van der Waals surface area contributed by atoms with Crippen molar-refractivity contribution in [1.82, 2.24) is 4.98 Å². The quantitative estimate of drug-likeness (QED) is 0.854. The Hall–Kier alpha value is -1.79. The SMILES string of the molecule is Cc1ccc(NS(=O)(=O)c2cccnc2Cl)c(C)c1O. The van der Waals surface area contributed by atoms with E-state index in [4.69, 9.17) is 11.6 Å². The van der Waals surface area contributed by atoms with Crippen LogP contribution in [0.5, 0.6) is 5.75 Å². The van der Waals surface area contributed by atoms with Gasteiger partial charge in [-0.1, -0.05) is 17.7 Å². The van der Waals surface area contributed by atoms with Gasteiger partial charge in [-0.25, -0.2) is 13.4 Å². The van der Waals surface area contributed by atoms with Crippen molar-refractivity contribution < 1.29 is 13.5 Å². The number of hydrogen-bond donors (Lipinski definition) is 2. The van der Waals surface area contributed by atoms with Crippen LogP contribution in [-0.4, -0.2) is 18.5 Å². The average Bonchev–Trinajstić information content (AvgIpc) is 2.40. The first-order chi connectivity index (χ1) is 9.33. The van der Waals surface area contributed by atoms with Gasteiger partial charge in [0.25, 0.3) is 10.0 Å². The summed E-state index contributed by atoms with van der Waals surface area (Å²) in [4.78, 5) is 3.63. The molecule has 0 saturated carbocycles. The largest absolute Gasteiger partial charge is 0.507 e. The molecule has 0 unspecified atom stereocenters. The van der Waals surface area contributed by atoms with Crippen LogP contribution in [0.2, 0.25) is 5.15 Å². The molecule has 106 valence electrons. The third kappa shape index (κ3) is 2.71. The Labute approximate surface area is 122 Å². The number of nitrogens with one attached hydrogen (secondary N) is 1. The predicted octanol–water partition coefficient (Wildman–Crippen LogP) is 2.86. The summed E-state index contributed by atoms with van der Waals surface area (Å²) in [7, 11) is -3.85. The number of rotatable bonds is 3. The zero-order chi connectivity index (χ0) is 14.9. The fourth-order valence-electron chi connectivity index (χ4n) is 1.72. The van der Waals surface area contributed by atoms with E-state index in [1.54, 1.807) is 26.0 Å². The molecule has 0 spiro atoms. The van der Waals surface area contributed by atoms with Crippen LogP contribution in [0.3, 0.4) is 0 Å². The van der Waals surface area contributed by atoms with E-state index in [-0.39, 0.29) is 15.8 Å². The molecule has 1 aromatic heterocycles. The standard InChI is InChI=1S/C13H13ClN2O3S/c1-8-5-6-10(9(2)12(8)17)16-20(18,19)11-4-3-7-15-13(11)14/h3-7,16-17H,1-2H3. The van der Waals surface area contributed by atoms with Gasteiger partial charge in [-0.05, 0) is 37.6 Å². The molecule has 0 aliphatic rings. The van der Waals surface area contributed by atoms with E-state index in [2.05, 4.69) is 9.71 Å². The number of aryl methyl sites for hydroxylation is 1. The van der Waals surface area contributed by atoms with Crippen LogP contribution in [0.1, 0.15) is 11.1 Å². The Balaban J connectivity index is 2.45. The van der Waals surface area contributed by atoms with E-state index in [9.17, 15) is 13.5 Å². The van der Waals surface area contributed by atoms with Crippen LogP contribution in [0.4, 0.5) is 5.69 Å². The zero-order valence-corrected chi connectivity index (χ0v) is 12.5. The molecule has 0 aliphatic carbocycles. The van der Waals surface area contributed by atoms with Gasteiger partial charge >= 0.3 is 0 Å². The number of aromatic nitrogens is 1. The van der Waals surface area contributed by atoms with Gasteiger partial charge < -0.3 is 5.11 Å². The van der Waals surface area contributed by atoms with Crippen molar-refractivity contribution in [3.05, 3.63) is 46.7 Å². The van der Waals surface area contributed by atoms with Crippen molar-refractivity contribution in [3.8, 4) is 5.75 Å². The number of hydrogen-bond acceptors (Lipinski definition) is 4. The van der Waals surface area contributed by atoms with Gasteiger partial charge in [-0.15, -0.1) is 0 Å². The Morgan fingerprint density at radius 2 is 1.95 bits per heavy atom. The minimum atomic E-state index is -3.85. The lowest BCUT2D eigenvalue weighted by Crippen LogP contribution is -2.14. The molecular weight excluding hydrogens is 300 g/mol. The van der Waals surface area contributed by atoms with Crippen molar-refractivity contribution in [3.63, 3.8) is 0 Å². The number of anilines is 1. The minimum Gasteiger partial charge on any atom is -0.507 e. The van der Waals surface area contributed by atoms with Crippen LogP contribution < -0.4 is 4.72 Å². The van der Waals surface area contributed by atoms with Crippen LogP contribution in [0.25, 0.3) is 0 Å². The molecule has 0 bridgehead atoms. The van der Waals surface area contributed by atoms with Gasteiger partial charge in [0, 0.05) is 11.8 Å². The lowest BCUT2D eigenvalue weighted by molar-refractivity contribution is 0.467. The summed E-state index contributed by atoms with van der Waals surface area (Å²) in [6.45, 7) is 3.36. The molecule has 20 heavy (non-hydrogen) atoms. The van der Waals surface area contributed by atoms with Crippen molar-refractivity contribution in [1.29, 1.82) is 0 Å². The Morgan fingerprint density at radius 3 is 2.60 bits per heavy atom. The maximum absolute atomic E-state index is 12.3. The highest BCUT2D eigenvalue weighted by Crippen LogP contribution is 2.30. The van der Waals surface area contributed by atoms with Crippen molar-refractivity contribution in [2.75, 3.05) is 4.72 Å². The molecule has 0 fully saturated rings. The first-order valence-corrected chi connectivity index (χ1v) is 7.61. The molecule has 0 amide bonds. The third-order valence-corrected chi connectivity index (χ3v) is 4.70. The maximum Gasteiger partial charge on any atom is 0.264 e. The van der Waals surface area contributed by atoms with Gasteiger partial charge in [0.1, 0.15) is 15.8 Å². The van der Waals surface area contributed by atoms with E-state index in [0.29, 0.717) is 16.8 Å². The molecule has 0 atom stereocenters. The molecule has 2 aromatic rings. The summed E-state index contributed by atoms with van der Waals surface area (Å²) in [5.74, 6) is 0.0579. The summed E-state index contributed by atoms with van der Waals surface area (Å²) < 4.78 is 26.9. The molecule has 7 heteroatoms. The fourth-order valence-corrected chi connectivity index (χ4v) is 3.29. The number of pyridine rings is 1. The predicted molar refractivity (Wildman–Crippen MR) is 77.6 cm³/mol. The van der Waals surface area contributed by atoms with Crippen LogP contribution in [0, 0.1) is 13.8 Å². The van der Waals surface area contributed by atoms with Gasteiger partial charge in [-0.3, -0.25) is 4.72 Å². The summed E-state index contributed by atoms with van der Waals surface area (Å²) in [5, 5.41) is 9.73. The number of aromatic hydroxyl groups is 1. The van der Waals surface area contributed by atoms with Gasteiger partial charge in [0.05, 0.1) is 5.69 Å². The summed E-state index contributed by atoms with van der Waals surface area (Å²) >= 11 is 5.79. The smallest absolute Gasteiger partial charge is 0.264 e. The highest BCUT2D eigenvalue weighted by atomic mass is 35.5. The van der Waals surface area contributed by atoms with Crippen LogP contribution >= 0.6 is 11.6 Å². The molecule has 5 nitrogen and oxygen atoms in total. The highest BCUT2D eigenvalue weighted by Gasteiger charge is 2.20. The first kappa shape index (κ1) is 14.6. The Bertz CT molecular complexity index is 760. The summed E-state index contributed by atoms with van der Waals surface area (Å²) in [5.41, 5.74) is 1.42. The van der Waals surface area contributed by atoms with Crippen LogP contribution in [-0.2, 0) is 10.0 Å². The number of benzene rings is 1. The number of halogens is 1. The second-order valence-electron chi connectivity index (χ2n) is 4.30. The van der Waals surface area contributed by atoms with Crippen molar-refractivity contribution >= 4 is 27.3 Å². The number of sulfonamides is 1. The molecule has 2 rings (SSSR count). The Kier molecular flexibility index (Phi) is 3.87. The minimum absolute atomic E-state index is 0.0579. The van der Waals surface area contributed by atoms with E-state index in [1.807, 2.05) is 0 Å². The van der Waals surface area contributed by atoms with Crippen molar-refractivity contribution in [2.24, 2.45) is 0 Å². The third-order valence-electron chi connectivity index (χ3n) is 2.89. The van der Waals surface area contributed by atoms with Gasteiger partial charge in [0.15, 0.2) is 0 Å².